The lowest BCUT2D eigenvalue weighted by molar-refractivity contribution is 0.415. The van der Waals surface area contributed by atoms with Crippen molar-refractivity contribution in [3.05, 3.63) is 35.4 Å². The normalized spacial score (nSPS) is 17.1. The zero-order chi connectivity index (χ0) is 19.9. The second-order valence-corrected chi connectivity index (χ2v) is 7.12. The number of anilines is 1. The van der Waals surface area contributed by atoms with Crippen LogP contribution in [0.25, 0.3) is 0 Å². The van der Waals surface area contributed by atoms with Crippen LogP contribution < -0.4 is 20.3 Å². The van der Waals surface area contributed by atoms with Crippen LogP contribution in [0.2, 0.25) is 5.02 Å². The first-order chi connectivity index (χ1) is 13.6. The van der Waals surface area contributed by atoms with E-state index in [1.54, 1.807) is 20.5 Å². The van der Waals surface area contributed by atoms with E-state index < -0.39 is 0 Å². The van der Waals surface area contributed by atoms with Gasteiger partial charge in [-0.1, -0.05) is 18.5 Å². The molecule has 2 N–H and O–H groups in total. The average Bonchev–Trinajstić information content (AvgIpc) is 3.36. The Morgan fingerprint density at radius 2 is 2.29 bits per heavy atom. The van der Waals surface area contributed by atoms with Crippen molar-refractivity contribution in [1.82, 2.24) is 25.4 Å². The first kappa shape index (κ1) is 20.3. The molecule has 0 spiro atoms. The highest BCUT2D eigenvalue weighted by atomic mass is 35.5. The first-order valence-electron chi connectivity index (χ1n) is 9.57. The van der Waals surface area contributed by atoms with Crippen molar-refractivity contribution in [1.29, 1.82) is 0 Å². The molecule has 0 aliphatic carbocycles. The van der Waals surface area contributed by atoms with Gasteiger partial charge >= 0.3 is 0 Å². The van der Waals surface area contributed by atoms with Gasteiger partial charge in [-0.05, 0) is 24.6 Å². The van der Waals surface area contributed by atoms with Crippen LogP contribution in [0.3, 0.4) is 0 Å². The van der Waals surface area contributed by atoms with Crippen LogP contribution in [0.1, 0.15) is 19.2 Å². The van der Waals surface area contributed by atoms with Gasteiger partial charge < -0.3 is 24.8 Å². The maximum Gasteiger partial charge on any atom is 0.191 e. The van der Waals surface area contributed by atoms with Crippen molar-refractivity contribution in [2.75, 3.05) is 38.7 Å². The maximum absolute atomic E-state index is 6.18. The van der Waals surface area contributed by atoms with Crippen LogP contribution in [0.15, 0.2) is 29.5 Å². The van der Waals surface area contributed by atoms with Crippen molar-refractivity contribution in [3.8, 4) is 5.75 Å². The molecular weight excluding hydrogens is 378 g/mol. The Hall–Kier alpha value is -2.48. The Labute approximate surface area is 170 Å². The molecule has 1 saturated heterocycles. The third-order valence-electron chi connectivity index (χ3n) is 4.89. The van der Waals surface area contributed by atoms with Crippen molar-refractivity contribution in [2.45, 2.75) is 32.4 Å². The molecule has 0 amide bonds. The summed E-state index contributed by atoms with van der Waals surface area (Å²) in [5.74, 6) is 2.64. The van der Waals surface area contributed by atoms with Crippen molar-refractivity contribution < 1.29 is 4.74 Å². The SMILES string of the molecule is CCc1nncn1CCNC(=NC)NC1CCN(c2cc(Cl)ccc2OC)C1. The van der Waals surface area contributed by atoms with E-state index in [4.69, 9.17) is 16.3 Å². The van der Waals surface area contributed by atoms with Gasteiger partial charge in [-0.15, -0.1) is 10.2 Å². The number of rotatable bonds is 7. The van der Waals surface area contributed by atoms with E-state index in [9.17, 15) is 0 Å². The van der Waals surface area contributed by atoms with Crippen LogP contribution in [0, 0.1) is 0 Å². The number of nitrogens with zero attached hydrogens (tertiary/aromatic N) is 5. The van der Waals surface area contributed by atoms with Crippen molar-refractivity contribution >= 4 is 23.2 Å². The van der Waals surface area contributed by atoms with E-state index >= 15 is 0 Å². The number of aliphatic imine (C=N–C) groups is 1. The number of hydrogen-bond acceptors (Lipinski definition) is 5. The van der Waals surface area contributed by atoms with E-state index in [0.717, 1.165) is 62.2 Å². The number of hydrogen-bond donors (Lipinski definition) is 2. The number of halogens is 1. The number of benzene rings is 1. The first-order valence-corrected chi connectivity index (χ1v) is 9.94. The minimum atomic E-state index is 0.302. The van der Waals surface area contributed by atoms with Gasteiger partial charge in [-0.2, -0.15) is 0 Å². The van der Waals surface area contributed by atoms with E-state index in [1.807, 2.05) is 18.2 Å². The second kappa shape index (κ2) is 9.64. The molecule has 1 aromatic heterocycles. The molecule has 8 nitrogen and oxygen atoms in total. The number of guanidine groups is 1. The van der Waals surface area contributed by atoms with Gasteiger partial charge in [0.25, 0.3) is 0 Å². The molecule has 1 aliphatic rings. The topological polar surface area (TPSA) is 79.6 Å². The van der Waals surface area contributed by atoms with Crippen molar-refractivity contribution in [3.63, 3.8) is 0 Å². The van der Waals surface area contributed by atoms with E-state index in [-0.39, 0.29) is 0 Å². The Morgan fingerprint density at radius 1 is 1.43 bits per heavy atom. The standard InChI is InChI=1S/C19H28ClN7O/c1-4-18-25-23-13-27(18)10-8-22-19(21-2)24-15-7-9-26(12-15)16-11-14(20)5-6-17(16)28-3/h5-6,11,13,15H,4,7-10,12H2,1-3H3,(H2,21,22,24). The summed E-state index contributed by atoms with van der Waals surface area (Å²) in [6, 6.07) is 6.02. The molecule has 1 fully saturated rings. The lowest BCUT2D eigenvalue weighted by Gasteiger charge is -2.22. The van der Waals surface area contributed by atoms with Gasteiger partial charge in [-0.25, -0.2) is 0 Å². The van der Waals surface area contributed by atoms with Gasteiger partial charge in [0.1, 0.15) is 17.9 Å². The summed E-state index contributed by atoms with van der Waals surface area (Å²) >= 11 is 6.18. The van der Waals surface area contributed by atoms with Crippen LogP contribution in [-0.2, 0) is 13.0 Å². The monoisotopic (exact) mass is 405 g/mol. The van der Waals surface area contributed by atoms with Gasteiger partial charge in [0.05, 0.1) is 12.8 Å². The molecule has 0 radical (unpaired) electrons. The van der Waals surface area contributed by atoms with Gasteiger partial charge in [-0.3, -0.25) is 4.99 Å². The molecule has 9 heteroatoms. The Bertz CT molecular complexity index is 807. The van der Waals surface area contributed by atoms with Gasteiger partial charge in [0.15, 0.2) is 5.96 Å². The fourth-order valence-electron chi connectivity index (χ4n) is 3.43. The molecule has 2 aromatic rings. The summed E-state index contributed by atoms with van der Waals surface area (Å²) in [4.78, 5) is 6.64. The number of aryl methyl sites for hydroxylation is 1. The lowest BCUT2D eigenvalue weighted by Crippen LogP contribution is -2.45. The Morgan fingerprint density at radius 3 is 3.04 bits per heavy atom. The molecule has 28 heavy (non-hydrogen) atoms. The summed E-state index contributed by atoms with van der Waals surface area (Å²) in [6.45, 7) is 5.43. The summed E-state index contributed by atoms with van der Waals surface area (Å²) < 4.78 is 7.55. The minimum Gasteiger partial charge on any atom is -0.495 e. The number of nitrogens with one attached hydrogen (secondary N) is 2. The second-order valence-electron chi connectivity index (χ2n) is 6.69. The Balaban J connectivity index is 1.52. The molecule has 1 unspecified atom stereocenters. The summed E-state index contributed by atoms with van der Waals surface area (Å²) in [5.41, 5.74) is 1.03. The quantitative estimate of drug-likeness (QED) is 0.541. The van der Waals surface area contributed by atoms with Crippen LogP contribution in [-0.4, -0.2) is 60.6 Å². The third-order valence-corrected chi connectivity index (χ3v) is 5.13. The van der Waals surface area contributed by atoms with Gasteiger partial charge in [0.2, 0.25) is 0 Å². The Kier molecular flexibility index (Phi) is 6.97. The zero-order valence-corrected chi connectivity index (χ0v) is 17.4. The summed E-state index contributed by atoms with van der Waals surface area (Å²) in [5, 5.41) is 15.7. The molecule has 0 saturated carbocycles. The predicted molar refractivity (Wildman–Crippen MR) is 113 cm³/mol. The third kappa shape index (κ3) is 4.86. The summed E-state index contributed by atoms with van der Waals surface area (Å²) in [7, 11) is 3.47. The summed E-state index contributed by atoms with van der Waals surface area (Å²) in [6.07, 6.45) is 3.66. The minimum absolute atomic E-state index is 0.302. The average molecular weight is 406 g/mol. The van der Waals surface area contributed by atoms with Crippen LogP contribution in [0.4, 0.5) is 5.69 Å². The largest absolute Gasteiger partial charge is 0.495 e. The molecule has 0 bridgehead atoms. The highest BCUT2D eigenvalue weighted by Crippen LogP contribution is 2.33. The van der Waals surface area contributed by atoms with E-state index in [2.05, 4.69) is 42.2 Å². The van der Waals surface area contributed by atoms with E-state index in [1.165, 1.54) is 0 Å². The maximum atomic E-state index is 6.18. The fourth-order valence-corrected chi connectivity index (χ4v) is 3.60. The number of methoxy groups -OCH3 is 1. The van der Waals surface area contributed by atoms with Crippen molar-refractivity contribution in [2.24, 2.45) is 4.99 Å². The molecule has 1 aliphatic heterocycles. The van der Waals surface area contributed by atoms with Crippen LogP contribution >= 0.6 is 11.6 Å². The highest BCUT2D eigenvalue weighted by Gasteiger charge is 2.25. The molecule has 1 aromatic carbocycles. The molecule has 2 heterocycles. The van der Waals surface area contributed by atoms with E-state index in [0.29, 0.717) is 11.1 Å². The highest BCUT2D eigenvalue weighted by molar-refractivity contribution is 6.30. The molecular formula is C19H28ClN7O. The predicted octanol–water partition coefficient (Wildman–Crippen LogP) is 1.95. The van der Waals surface area contributed by atoms with Gasteiger partial charge in [0, 0.05) is 50.7 Å². The fraction of sp³-hybridized carbons (Fsp3) is 0.526. The zero-order valence-electron chi connectivity index (χ0n) is 16.7. The molecule has 3 rings (SSSR count). The number of aromatic nitrogens is 3. The smallest absolute Gasteiger partial charge is 0.191 e. The molecule has 1 atom stereocenters. The number of ether oxygens (including phenoxy) is 1. The molecule has 152 valence electrons. The van der Waals surface area contributed by atoms with Crippen LogP contribution in [0.5, 0.6) is 5.75 Å². The lowest BCUT2D eigenvalue weighted by atomic mass is 10.2.